The van der Waals surface area contributed by atoms with E-state index in [1.807, 2.05) is 25.1 Å². The summed E-state index contributed by atoms with van der Waals surface area (Å²) in [6, 6.07) is 6.08. The first kappa shape index (κ1) is 13.1. The SMILES string of the molecule is CCOc1cccc(NC2CCCCC2CO)n1. The summed E-state index contributed by atoms with van der Waals surface area (Å²) >= 11 is 0. The van der Waals surface area contributed by atoms with Gasteiger partial charge in [-0.25, -0.2) is 0 Å². The second-order valence-corrected chi connectivity index (χ2v) is 4.77. The van der Waals surface area contributed by atoms with Gasteiger partial charge in [-0.15, -0.1) is 0 Å². The molecule has 1 heterocycles. The third kappa shape index (κ3) is 3.35. The summed E-state index contributed by atoms with van der Waals surface area (Å²) in [6.07, 6.45) is 4.64. The predicted octanol–water partition coefficient (Wildman–Crippen LogP) is 2.44. The van der Waals surface area contributed by atoms with Crippen LogP contribution in [0.4, 0.5) is 5.82 Å². The highest BCUT2D eigenvalue weighted by Crippen LogP contribution is 2.26. The van der Waals surface area contributed by atoms with Crippen LogP contribution >= 0.6 is 0 Å². The molecule has 1 aromatic heterocycles. The van der Waals surface area contributed by atoms with E-state index < -0.39 is 0 Å². The summed E-state index contributed by atoms with van der Waals surface area (Å²) in [4.78, 5) is 4.41. The zero-order valence-electron chi connectivity index (χ0n) is 10.9. The summed E-state index contributed by atoms with van der Waals surface area (Å²) in [7, 11) is 0. The molecular weight excluding hydrogens is 228 g/mol. The minimum atomic E-state index is 0.253. The topological polar surface area (TPSA) is 54.4 Å². The minimum Gasteiger partial charge on any atom is -0.478 e. The van der Waals surface area contributed by atoms with Gasteiger partial charge in [0.25, 0.3) is 0 Å². The molecule has 0 aliphatic heterocycles. The molecule has 0 aromatic carbocycles. The fourth-order valence-electron chi connectivity index (χ4n) is 2.53. The van der Waals surface area contributed by atoms with Crippen LogP contribution in [0.3, 0.4) is 0 Å². The second-order valence-electron chi connectivity index (χ2n) is 4.77. The highest BCUT2D eigenvalue weighted by Gasteiger charge is 2.24. The molecule has 18 heavy (non-hydrogen) atoms. The van der Waals surface area contributed by atoms with E-state index in [2.05, 4.69) is 10.3 Å². The molecule has 2 N–H and O–H groups in total. The zero-order chi connectivity index (χ0) is 12.8. The predicted molar refractivity (Wildman–Crippen MR) is 71.9 cm³/mol. The van der Waals surface area contributed by atoms with Crippen molar-refractivity contribution in [2.75, 3.05) is 18.5 Å². The van der Waals surface area contributed by atoms with Gasteiger partial charge in [0, 0.05) is 24.6 Å². The summed E-state index contributed by atoms with van der Waals surface area (Å²) in [5.74, 6) is 1.83. The number of anilines is 1. The van der Waals surface area contributed by atoms with Gasteiger partial charge in [-0.2, -0.15) is 4.98 Å². The standard InChI is InChI=1S/C14H22N2O2/c1-2-18-14-9-5-8-13(16-14)15-12-7-4-3-6-11(12)10-17/h5,8-9,11-12,17H,2-4,6-7,10H2,1H3,(H,15,16). The Morgan fingerprint density at radius 1 is 1.39 bits per heavy atom. The van der Waals surface area contributed by atoms with Crippen LogP contribution in [0.1, 0.15) is 32.6 Å². The van der Waals surface area contributed by atoms with Crippen molar-refractivity contribution in [3.63, 3.8) is 0 Å². The normalized spacial score (nSPS) is 23.7. The first-order valence-corrected chi connectivity index (χ1v) is 6.80. The smallest absolute Gasteiger partial charge is 0.215 e. The largest absolute Gasteiger partial charge is 0.478 e. The number of nitrogens with zero attached hydrogens (tertiary/aromatic N) is 1. The molecule has 1 aromatic rings. The maximum Gasteiger partial charge on any atom is 0.215 e. The van der Waals surface area contributed by atoms with Crippen LogP contribution in [0.15, 0.2) is 18.2 Å². The average Bonchev–Trinajstić information content (AvgIpc) is 2.40. The van der Waals surface area contributed by atoms with E-state index in [9.17, 15) is 5.11 Å². The zero-order valence-corrected chi connectivity index (χ0v) is 10.9. The third-order valence-electron chi connectivity index (χ3n) is 3.49. The number of nitrogens with one attached hydrogen (secondary N) is 1. The molecule has 1 saturated carbocycles. The molecular formula is C14H22N2O2. The first-order valence-electron chi connectivity index (χ1n) is 6.80. The molecule has 4 heteroatoms. The van der Waals surface area contributed by atoms with Crippen LogP contribution in [-0.2, 0) is 0 Å². The summed E-state index contributed by atoms with van der Waals surface area (Å²) in [5, 5.41) is 12.8. The molecule has 0 radical (unpaired) electrons. The average molecular weight is 250 g/mol. The van der Waals surface area contributed by atoms with Gasteiger partial charge < -0.3 is 15.2 Å². The number of rotatable bonds is 5. The molecule has 2 atom stereocenters. The number of hydrogen-bond donors (Lipinski definition) is 2. The van der Waals surface area contributed by atoms with Crippen LogP contribution in [0.2, 0.25) is 0 Å². The van der Waals surface area contributed by atoms with Crippen molar-refractivity contribution in [3.8, 4) is 5.88 Å². The van der Waals surface area contributed by atoms with Gasteiger partial charge in [-0.3, -0.25) is 0 Å². The van der Waals surface area contributed by atoms with Crippen molar-refractivity contribution < 1.29 is 9.84 Å². The van der Waals surface area contributed by atoms with Crippen LogP contribution in [0, 0.1) is 5.92 Å². The van der Waals surface area contributed by atoms with E-state index in [0.717, 1.165) is 18.7 Å². The minimum absolute atomic E-state index is 0.253. The van der Waals surface area contributed by atoms with Crippen molar-refractivity contribution in [1.29, 1.82) is 0 Å². The van der Waals surface area contributed by atoms with Crippen LogP contribution in [0.5, 0.6) is 5.88 Å². The maximum absolute atomic E-state index is 9.39. The number of aromatic nitrogens is 1. The summed E-state index contributed by atoms with van der Waals surface area (Å²) < 4.78 is 5.39. The number of ether oxygens (including phenoxy) is 1. The fraction of sp³-hybridized carbons (Fsp3) is 0.643. The Bertz CT molecular complexity index is 371. The lowest BCUT2D eigenvalue weighted by Gasteiger charge is -2.31. The van der Waals surface area contributed by atoms with Gasteiger partial charge in [0.2, 0.25) is 5.88 Å². The van der Waals surface area contributed by atoms with Crippen molar-refractivity contribution in [3.05, 3.63) is 18.2 Å². The van der Waals surface area contributed by atoms with Gasteiger partial charge in [0.1, 0.15) is 5.82 Å². The van der Waals surface area contributed by atoms with Crippen LogP contribution in [-0.4, -0.2) is 29.3 Å². The molecule has 4 nitrogen and oxygen atoms in total. The van der Waals surface area contributed by atoms with Crippen LogP contribution in [0.25, 0.3) is 0 Å². The highest BCUT2D eigenvalue weighted by molar-refractivity contribution is 5.38. The Morgan fingerprint density at radius 3 is 3.00 bits per heavy atom. The van der Waals surface area contributed by atoms with Crippen LogP contribution < -0.4 is 10.1 Å². The molecule has 0 spiro atoms. The van der Waals surface area contributed by atoms with Gasteiger partial charge in [0.05, 0.1) is 6.61 Å². The molecule has 0 saturated heterocycles. The first-order chi connectivity index (χ1) is 8.83. The molecule has 0 bridgehead atoms. The molecule has 1 fully saturated rings. The molecule has 2 unspecified atom stereocenters. The van der Waals surface area contributed by atoms with Gasteiger partial charge in [-0.05, 0) is 25.8 Å². The number of aliphatic hydroxyl groups excluding tert-OH is 1. The Balaban J connectivity index is 2.00. The lowest BCUT2D eigenvalue weighted by Crippen LogP contribution is -2.34. The fourth-order valence-corrected chi connectivity index (χ4v) is 2.53. The van der Waals surface area contributed by atoms with Crippen molar-refractivity contribution in [1.82, 2.24) is 4.98 Å². The van der Waals surface area contributed by atoms with Gasteiger partial charge >= 0.3 is 0 Å². The van der Waals surface area contributed by atoms with E-state index in [4.69, 9.17) is 4.74 Å². The Hall–Kier alpha value is -1.29. The number of aliphatic hydroxyl groups is 1. The summed E-state index contributed by atoms with van der Waals surface area (Å²) in [6.45, 7) is 2.83. The number of hydrogen-bond acceptors (Lipinski definition) is 4. The van der Waals surface area contributed by atoms with Gasteiger partial charge in [-0.1, -0.05) is 18.9 Å². The Kier molecular flexibility index (Phi) is 4.81. The van der Waals surface area contributed by atoms with E-state index in [1.54, 1.807) is 0 Å². The quantitative estimate of drug-likeness (QED) is 0.842. The Morgan fingerprint density at radius 2 is 2.22 bits per heavy atom. The number of pyridine rings is 1. The summed E-state index contributed by atoms with van der Waals surface area (Å²) in [5.41, 5.74) is 0. The molecule has 100 valence electrons. The van der Waals surface area contributed by atoms with E-state index in [1.165, 1.54) is 12.8 Å². The van der Waals surface area contributed by atoms with E-state index in [0.29, 0.717) is 24.4 Å². The van der Waals surface area contributed by atoms with Crippen molar-refractivity contribution in [2.45, 2.75) is 38.6 Å². The molecule has 2 rings (SSSR count). The van der Waals surface area contributed by atoms with Crippen molar-refractivity contribution >= 4 is 5.82 Å². The lowest BCUT2D eigenvalue weighted by molar-refractivity contribution is 0.178. The second kappa shape index (κ2) is 6.59. The maximum atomic E-state index is 9.39. The molecule has 0 amide bonds. The van der Waals surface area contributed by atoms with E-state index >= 15 is 0 Å². The molecule has 1 aliphatic carbocycles. The van der Waals surface area contributed by atoms with Crippen molar-refractivity contribution in [2.24, 2.45) is 5.92 Å². The van der Waals surface area contributed by atoms with E-state index in [-0.39, 0.29) is 6.61 Å². The monoisotopic (exact) mass is 250 g/mol. The highest BCUT2D eigenvalue weighted by atomic mass is 16.5. The Labute approximate surface area is 108 Å². The van der Waals surface area contributed by atoms with Gasteiger partial charge in [0.15, 0.2) is 0 Å². The third-order valence-corrected chi connectivity index (χ3v) is 3.49. The molecule has 1 aliphatic rings. The lowest BCUT2D eigenvalue weighted by atomic mass is 9.85.